The van der Waals surface area contributed by atoms with Crippen LogP contribution in [0.1, 0.15) is 36.3 Å². The van der Waals surface area contributed by atoms with Crippen LogP contribution in [0.5, 0.6) is 5.88 Å². The maximum Gasteiger partial charge on any atom is 0.223 e. The molecule has 1 spiro atoms. The number of amides is 1. The molecule has 8 nitrogen and oxygen atoms in total. The van der Waals surface area contributed by atoms with Gasteiger partial charge in [-0.05, 0) is 26.7 Å². The fourth-order valence-electron chi connectivity index (χ4n) is 4.20. The van der Waals surface area contributed by atoms with Gasteiger partial charge in [0.2, 0.25) is 11.8 Å². The lowest BCUT2D eigenvalue weighted by atomic mass is 9.77. The number of hydrogen-bond donors (Lipinski definition) is 0. The minimum absolute atomic E-state index is 0.0592. The molecule has 8 heteroatoms. The molecule has 0 radical (unpaired) electrons. The molecule has 144 valence electrons. The number of methoxy groups -OCH3 is 1. The largest absolute Gasteiger partial charge is 0.481 e. The molecule has 2 saturated heterocycles. The molecule has 0 bridgehead atoms. The van der Waals surface area contributed by atoms with E-state index in [4.69, 9.17) is 9.26 Å². The van der Waals surface area contributed by atoms with Crippen LogP contribution in [0, 0.1) is 19.3 Å². The van der Waals surface area contributed by atoms with Gasteiger partial charge in [0.05, 0.1) is 19.3 Å². The van der Waals surface area contributed by atoms with Crippen LogP contribution in [0.25, 0.3) is 0 Å². The zero-order valence-corrected chi connectivity index (χ0v) is 16.1. The van der Waals surface area contributed by atoms with E-state index in [0.29, 0.717) is 18.8 Å². The van der Waals surface area contributed by atoms with Gasteiger partial charge in [0.1, 0.15) is 17.9 Å². The van der Waals surface area contributed by atoms with Gasteiger partial charge in [-0.25, -0.2) is 9.97 Å². The fourth-order valence-corrected chi connectivity index (χ4v) is 4.20. The standard InChI is InChI=1S/C19H25N5O3/c1-13-15(14(2)27-22-13)10-24-11-19(9-18(24)25)4-6-23(7-5-19)16-8-17(26-3)21-12-20-16/h8,12H,4-7,9-11H2,1-3H3. The van der Waals surface area contributed by atoms with Gasteiger partial charge in [-0.2, -0.15) is 0 Å². The van der Waals surface area contributed by atoms with Crippen molar-refractivity contribution < 1.29 is 14.1 Å². The number of aryl methyl sites for hydroxylation is 2. The molecule has 27 heavy (non-hydrogen) atoms. The highest BCUT2D eigenvalue weighted by atomic mass is 16.5. The number of likely N-dealkylation sites (tertiary alicyclic amines) is 1. The monoisotopic (exact) mass is 371 g/mol. The Labute approximate surface area is 158 Å². The molecular formula is C19H25N5O3. The van der Waals surface area contributed by atoms with Gasteiger partial charge in [0.15, 0.2) is 0 Å². The first-order chi connectivity index (χ1) is 13.0. The van der Waals surface area contributed by atoms with E-state index in [1.165, 1.54) is 6.33 Å². The smallest absolute Gasteiger partial charge is 0.223 e. The summed E-state index contributed by atoms with van der Waals surface area (Å²) in [6, 6.07) is 1.86. The van der Waals surface area contributed by atoms with Gasteiger partial charge in [0.25, 0.3) is 0 Å². The highest BCUT2D eigenvalue weighted by Gasteiger charge is 2.45. The maximum absolute atomic E-state index is 12.7. The van der Waals surface area contributed by atoms with Crippen LogP contribution in [0.15, 0.2) is 16.9 Å². The van der Waals surface area contributed by atoms with Crippen LogP contribution in [0.4, 0.5) is 5.82 Å². The molecule has 2 fully saturated rings. The van der Waals surface area contributed by atoms with Crippen molar-refractivity contribution in [3.05, 3.63) is 29.4 Å². The van der Waals surface area contributed by atoms with Crippen molar-refractivity contribution in [3.63, 3.8) is 0 Å². The molecule has 2 aromatic heterocycles. The summed E-state index contributed by atoms with van der Waals surface area (Å²) in [4.78, 5) is 25.3. The number of hydrogen-bond acceptors (Lipinski definition) is 7. The third-order valence-corrected chi connectivity index (χ3v) is 5.92. The Kier molecular flexibility index (Phi) is 4.49. The fraction of sp³-hybridized carbons (Fsp3) is 0.579. The zero-order chi connectivity index (χ0) is 19.0. The van der Waals surface area contributed by atoms with Crippen molar-refractivity contribution in [2.75, 3.05) is 31.6 Å². The topological polar surface area (TPSA) is 84.6 Å². The summed E-state index contributed by atoms with van der Waals surface area (Å²) < 4.78 is 10.4. The number of aromatic nitrogens is 3. The van der Waals surface area contributed by atoms with Gasteiger partial charge < -0.3 is 19.1 Å². The van der Waals surface area contributed by atoms with E-state index in [9.17, 15) is 4.79 Å². The van der Waals surface area contributed by atoms with E-state index in [1.807, 2.05) is 24.8 Å². The maximum atomic E-state index is 12.7. The highest BCUT2D eigenvalue weighted by molar-refractivity contribution is 5.79. The van der Waals surface area contributed by atoms with Crippen LogP contribution >= 0.6 is 0 Å². The second kappa shape index (κ2) is 6.83. The molecule has 2 aromatic rings. The molecule has 0 aliphatic carbocycles. The first kappa shape index (κ1) is 17.8. The Morgan fingerprint density at radius 3 is 2.70 bits per heavy atom. The quantitative estimate of drug-likeness (QED) is 0.814. The average molecular weight is 371 g/mol. The second-order valence-electron chi connectivity index (χ2n) is 7.63. The summed E-state index contributed by atoms with van der Waals surface area (Å²) in [7, 11) is 1.61. The van der Waals surface area contributed by atoms with E-state index in [2.05, 4.69) is 20.0 Å². The molecule has 0 N–H and O–H groups in total. The van der Waals surface area contributed by atoms with Crippen molar-refractivity contribution in [1.82, 2.24) is 20.0 Å². The van der Waals surface area contributed by atoms with E-state index >= 15 is 0 Å². The van der Waals surface area contributed by atoms with Crippen LogP contribution in [-0.4, -0.2) is 52.7 Å². The number of ether oxygens (including phenoxy) is 1. The van der Waals surface area contributed by atoms with Crippen LogP contribution in [0.2, 0.25) is 0 Å². The summed E-state index contributed by atoms with van der Waals surface area (Å²) in [5.41, 5.74) is 1.96. The van der Waals surface area contributed by atoms with Crippen molar-refractivity contribution >= 4 is 11.7 Å². The van der Waals surface area contributed by atoms with Crippen molar-refractivity contribution in [1.29, 1.82) is 0 Å². The number of carbonyl (C=O) groups excluding carboxylic acids is 1. The summed E-state index contributed by atoms with van der Waals surface area (Å²) in [5.74, 6) is 2.48. The van der Waals surface area contributed by atoms with E-state index in [0.717, 1.165) is 55.3 Å². The molecule has 4 rings (SSSR count). The third-order valence-electron chi connectivity index (χ3n) is 5.92. The minimum atomic E-state index is 0.0592. The molecule has 1 amide bonds. The van der Waals surface area contributed by atoms with Gasteiger partial charge in [-0.1, -0.05) is 5.16 Å². The Bertz CT molecular complexity index is 822. The summed E-state index contributed by atoms with van der Waals surface area (Å²) in [6.07, 6.45) is 4.10. The van der Waals surface area contributed by atoms with Gasteiger partial charge in [-0.15, -0.1) is 0 Å². The molecule has 0 atom stereocenters. The molecule has 0 unspecified atom stereocenters. The highest BCUT2D eigenvalue weighted by Crippen LogP contribution is 2.42. The predicted octanol–water partition coefficient (Wildman–Crippen LogP) is 2.11. The lowest BCUT2D eigenvalue weighted by Gasteiger charge is -2.39. The number of carbonyl (C=O) groups is 1. The molecule has 0 aromatic carbocycles. The van der Waals surface area contributed by atoms with Crippen molar-refractivity contribution in [2.45, 2.75) is 39.7 Å². The minimum Gasteiger partial charge on any atom is -0.481 e. The SMILES string of the molecule is COc1cc(N2CCC3(CC2)CC(=O)N(Cc2c(C)noc2C)C3)ncn1. The molecule has 0 saturated carbocycles. The van der Waals surface area contributed by atoms with Crippen molar-refractivity contribution in [3.8, 4) is 5.88 Å². The second-order valence-corrected chi connectivity index (χ2v) is 7.63. The summed E-state index contributed by atoms with van der Waals surface area (Å²) in [5, 5.41) is 4.00. The number of anilines is 1. The average Bonchev–Trinajstić information content (AvgIpc) is 3.16. The number of rotatable bonds is 4. The van der Waals surface area contributed by atoms with Crippen molar-refractivity contribution in [2.24, 2.45) is 5.41 Å². The summed E-state index contributed by atoms with van der Waals surface area (Å²) >= 11 is 0. The van der Waals surface area contributed by atoms with Crippen LogP contribution < -0.4 is 9.64 Å². The van der Waals surface area contributed by atoms with Crippen LogP contribution in [-0.2, 0) is 11.3 Å². The first-order valence-corrected chi connectivity index (χ1v) is 9.30. The van der Waals surface area contributed by atoms with Gasteiger partial charge in [0, 0.05) is 43.1 Å². The lowest BCUT2D eigenvalue weighted by molar-refractivity contribution is -0.128. The van der Waals surface area contributed by atoms with E-state index in [-0.39, 0.29) is 11.3 Å². The first-order valence-electron chi connectivity index (χ1n) is 9.30. The van der Waals surface area contributed by atoms with E-state index < -0.39 is 0 Å². The zero-order valence-electron chi connectivity index (χ0n) is 16.1. The molecule has 2 aliphatic heterocycles. The Hall–Kier alpha value is -2.64. The summed E-state index contributed by atoms with van der Waals surface area (Å²) in [6.45, 7) is 6.99. The van der Waals surface area contributed by atoms with Gasteiger partial charge in [-0.3, -0.25) is 4.79 Å². The normalized spacial score (nSPS) is 19.1. The number of nitrogens with zero attached hydrogens (tertiary/aromatic N) is 5. The Morgan fingerprint density at radius 2 is 2.04 bits per heavy atom. The lowest BCUT2D eigenvalue weighted by Crippen LogP contribution is -2.42. The van der Waals surface area contributed by atoms with Gasteiger partial charge >= 0.3 is 0 Å². The predicted molar refractivity (Wildman–Crippen MR) is 98.5 cm³/mol. The third kappa shape index (κ3) is 3.36. The molecule has 2 aliphatic rings. The molecule has 4 heterocycles. The Balaban J connectivity index is 1.42. The van der Waals surface area contributed by atoms with Crippen LogP contribution in [0.3, 0.4) is 0 Å². The Morgan fingerprint density at radius 1 is 1.26 bits per heavy atom. The number of piperidine rings is 1. The van der Waals surface area contributed by atoms with E-state index in [1.54, 1.807) is 7.11 Å². The molecular weight excluding hydrogens is 346 g/mol.